The van der Waals surface area contributed by atoms with Crippen LogP contribution in [0, 0.1) is 0 Å². The molecule has 0 radical (unpaired) electrons. The second kappa shape index (κ2) is 7.17. The molecule has 2 rings (SSSR count). The topological polar surface area (TPSA) is 0 Å². The summed E-state index contributed by atoms with van der Waals surface area (Å²) in [4.78, 5) is 0. The Morgan fingerprint density at radius 1 is 0.733 bits per heavy atom. The van der Waals surface area contributed by atoms with Gasteiger partial charge in [-0.2, -0.15) is 0 Å². The molecule has 0 bridgehead atoms. The molecule has 0 aliphatic heterocycles. The van der Waals surface area contributed by atoms with Gasteiger partial charge in [0.05, 0.1) is 0 Å². The molecule has 0 aromatic heterocycles. The maximum atomic E-state index is 2.20. The van der Waals surface area contributed by atoms with Crippen LogP contribution in [0.3, 0.4) is 0 Å². The molecule has 0 spiro atoms. The van der Waals surface area contributed by atoms with Crippen LogP contribution in [0.1, 0.15) is 40.5 Å². The van der Waals surface area contributed by atoms with Crippen molar-refractivity contribution < 1.29 is 26.2 Å². The number of hydrogen-bond acceptors (Lipinski definition) is 0. The summed E-state index contributed by atoms with van der Waals surface area (Å²) >= 11 is 0. The van der Waals surface area contributed by atoms with E-state index in [0.29, 0.717) is 0 Å². The molecule has 1 heteroatoms. The number of hydrogen-bond donors (Lipinski definition) is 0. The molecule has 0 aromatic rings. The molecule has 0 unspecified atom stereocenters. The Morgan fingerprint density at radius 2 is 1.07 bits per heavy atom. The molecule has 2 aliphatic carbocycles. The fraction of sp³-hybridized carbons (Fsp3) is 0.429. The third-order valence-electron chi connectivity index (χ3n) is 2.93. The summed E-state index contributed by atoms with van der Waals surface area (Å²) in [6.07, 6.45) is 11.1. The van der Waals surface area contributed by atoms with Gasteiger partial charge in [-0.15, -0.1) is 0 Å². The van der Waals surface area contributed by atoms with Crippen LogP contribution in [0.2, 0.25) is 0 Å². The van der Waals surface area contributed by atoms with Crippen molar-refractivity contribution in [1.82, 2.24) is 0 Å². The van der Waals surface area contributed by atoms with E-state index in [1.165, 1.54) is 35.1 Å². The summed E-state index contributed by atoms with van der Waals surface area (Å²) < 4.78 is 0. The van der Waals surface area contributed by atoms with E-state index in [1.54, 1.807) is 0 Å². The third kappa shape index (κ3) is 4.93. The zero-order valence-corrected chi connectivity index (χ0v) is 12.7. The second-order valence-electron chi connectivity index (χ2n) is 4.14. The van der Waals surface area contributed by atoms with E-state index < -0.39 is 0 Å². The third-order valence-corrected chi connectivity index (χ3v) is 2.93. The maximum Gasteiger partial charge on any atom is 0 e. The fourth-order valence-electron chi connectivity index (χ4n) is 1.43. The first-order valence-electron chi connectivity index (χ1n) is 5.27. The van der Waals surface area contributed by atoms with Crippen LogP contribution in [-0.4, -0.2) is 0 Å². The van der Waals surface area contributed by atoms with Crippen molar-refractivity contribution in [3.63, 3.8) is 0 Å². The largest absolute Gasteiger partial charge is 0.0802 e. The van der Waals surface area contributed by atoms with Crippen LogP contribution < -0.4 is 0 Å². The molecule has 0 atom stereocenters. The molecule has 80 valence electrons. The summed E-state index contributed by atoms with van der Waals surface area (Å²) in [7, 11) is 0. The first-order chi connectivity index (χ1) is 6.61. The monoisotopic (exact) mass is 278 g/mol. The smallest absolute Gasteiger partial charge is 0 e. The summed E-state index contributed by atoms with van der Waals surface area (Å²) in [5.41, 5.74) is 5.92. The van der Waals surface area contributed by atoms with Crippen molar-refractivity contribution in [3.05, 3.63) is 46.6 Å². The van der Waals surface area contributed by atoms with Crippen LogP contribution in [0.5, 0.6) is 0 Å². The van der Waals surface area contributed by atoms with Crippen molar-refractivity contribution in [1.29, 1.82) is 0 Å². The van der Waals surface area contributed by atoms with E-state index in [-0.39, 0.29) is 26.2 Å². The van der Waals surface area contributed by atoms with Crippen molar-refractivity contribution in [2.75, 3.05) is 0 Å². The van der Waals surface area contributed by atoms with Gasteiger partial charge in [-0.25, -0.2) is 0 Å². The first-order valence-corrected chi connectivity index (χ1v) is 5.27. The van der Waals surface area contributed by atoms with E-state index in [2.05, 4.69) is 52.0 Å². The molecule has 0 amide bonds. The Labute approximate surface area is 113 Å². The molecule has 2 aliphatic rings. The Bertz CT molecular complexity index is 293. The average molecular weight is 280 g/mol. The van der Waals surface area contributed by atoms with Crippen molar-refractivity contribution in [2.24, 2.45) is 0 Å². The Morgan fingerprint density at radius 3 is 1.13 bits per heavy atom. The summed E-state index contributed by atoms with van der Waals surface area (Å²) in [6.45, 7) is 8.66. The SMILES string of the molecule is CC1=C(C)CC=C1.CC1=C(C)CC=C1.[Zr]. The van der Waals surface area contributed by atoms with E-state index in [0.717, 1.165) is 0 Å². The quantitative estimate of drug-likeness (QED) is 0.609. The molecule has 0 saturated carbocycles. The van der Waals surface area contributed by atoms with Crippen molar-refractivity contribution in [2.45, 2.75) is 40.5 Å². The predicted molar refractivity (Wildman–Crippen MR) is 64.3 cm³/mol. The van der Waals surface area contributed by atoms with E-state index in [1.807, 2.05) is 0 Å². The van der Waals surface area contributed by atoms with Gasteiger partial charge in [-0.1, -0.05) is 46.6 Å². The maximum absolute atomic E-state index is 2.20. The molecule has 0 aromatic carbocycles. The zero-order chi connectivity index (χ0) is 10.6. The summed E-state index contributed by atoms with van der Waals surface area (Å²) in [5, 5.41) is 0. The van der Waals surface area contributed by atoms with Gasteiger partial charge in [0.2, 0.25) is 0 Å². The standard InChI is InChI=1S/2C7H10.Zr/c2*1-6-4-3-5-7(6)2;/h2*3-4H,5H2,1-2H3;. The van der Waals surface area contributed by atoms with Gasteiger partial charge in [0.1, 0.15) is 0 Å². The van der Waals surface area contributed by atoms with E-state index in [4.69, 9.17) is 0 Å². The van der Waals surface area contributed by atoms with Gasteiger partial charge in [0.25, 0.3) is 0 Å². The zero-order valence-electron chi connectivity index (χ0n) is 10.2. The van der Waals surface area contributed by atoms with Gasteiger partial charge < -0.3 is 0 Å². The van der Waals surface area contributed by atoms with E-state index >= 15 is 0 Å². The molecule has 15 heavy (non-hydrogen) atoms. The van der Waals surface area contributed by atoms with Crippen molar-refractivity contribution >= 4 is 0 Å². The van der Waals surface area contributed by atoms with Crippen LogP contribution >= 0.6 is 0 Å². The van der Waals surface area contributed by atoms with Gasteiger partial charge in [-0.05, 0) is 40.5 Å². The Hall–Kier alpha value is -0.157. The molecule has 0 saturated heterocycles. The predicted octanol–water partition coefficient (Wildman–Crippen LogP) is 4.56. The van der Waals surface area contributed by atoms with E-state index in [9.17, 15) is 0 Å². The Kier molecular flexibility index (Phi) is 7.10. The fourth-order valence-corrected chi connectivity index (χ4v) is 1.43. The Balaban J connectivity index is 0.000000245. The molecule has 0 nitrogen and oxygen atoms in total. The van der Waals surface area contributed by atoms with Gasteiger partial charge in [0.15, 0.2) is 0 Å². The first kappa shape index (κ1) is 14.8. The van der Waals surface area contributed by atoms with Gasteiger partial charge in [0, 0.05) is 26.2 Å². The molecular weight excluding hydrogens is 259 g/mol. The molecule has 0 heterocycles. The average Bonchev–Trinajstić information content (AvgIpc) is 2.67. The van der Waals surface area contributed by atoms with Gasteiger partial charge in [-0.3, -0.25) is 0 Å². The van der Waals surface area contributed by atoms with Crippen LogP contribution in [0.4, 0.5) is 0 Å². The summed E-state index contributed by atoms with van der Waals surface area (Å²) in [5.74, 6) is 0. The molecular formula is C14H20Zr. The normalized spacial score (nSPS) is 17.9. The van der Waals surface area contributed by atoms with Crippen LogP contribution in [-0.2, 0) is 26.2 Å². The van der Waals surface area contributed by atoms with Crippen LogP contribution in [0.15, 0.2) is 46.6 Å². The minimum atomic E-state index is 0. The van der Waals surface area contributed by atoms with Gasteiger partial charge >= 0.3 is 0 Å². The molecule has 0 N–H and O–H groups in total. The number of allylic oxidation sites excluding steroid dienone is 8. The molecule has 0 fully saturated rings. The minimum Gasteiger partial charge on any atom is -0.0802 e. The minimum absolute atomic E-state index is 0. The summed E-state index contributed by atoms with van der Waals surface area (Å²) in [6, 6.07) is 0. The van der Waals surface area contributed by atoms with Crippen LogP contribution in [0.25, 0.3) is 0 Å². The number of rotatable bonds is 0. The second-order valence-corrected chi connectivity index (χ2v) is 4.14. The van der Waals surface area contributed by atoms with Crippen molar-refractivity contribution in [3.8, 4) is 0 Å².